The lowest BCUT2D eigenvalue weighted by atomic mass is 10.1. The number of fused-ring (bicyclic) bond motifs is 3. The van der Waals surface area contributed by atoms with E-state index in [0.29, 0.717) is 40.7 Å². The highest BCUT2D eigenvalue weighted by atomic mass is 19.1. The molecule has 0 unspecified atom stereocenters. The fourth-order valence-electron chi connectivity index (χ4n) is 2.82. The van der Waals surface area contributed by atoms with Crippen molar-refractivity contribution in [2.75, 3.05) is 5.01 Å². The number of hydrogen-bond acceptors (Lipinski definition) is 7. The lowest BCUT2D eigenvalue weighted by Crippen LogP contribution is -2.32. The van der Waals surface area contributed by atoms with Crippen LogP contribution in [-0.4, -0.2) is 19.7 Å². The van der Waals surface area contributed by atoms with Crippen LogP contribution >= 0.6 is 0 Å². The molecule has 1 aliphatic rings. The minimum Gasteiger partial charge on any atom is -0.401 e. The number of nitrogens with two attached hydrogens (primary N) is 2. The van der Waals surface area contributed by atoms with Gasteiger partial charge in [-0.25, -0.2) is 15.2 Å². The largest absolute Gasteiger partial charge is 0.401 e. The molecule has 3 aromatic rings. The molecule has 9 heteroatoms. The molecule has 0 saturated carbocycles. The Morgan fingerprint density at radius 1 is 1.29 bits per heavy atom. The summed E-state index contributed by atoms with van der Waals surface area (Å²) in [5.41, 5.74) is 9.71. The lowest BCUT2D eigenvalue weighted by Gasteiger charge is -2.22. The quantitative estimate of drug-likeness (QED) is 0.651. The van der Waals surface area contributed by atoms with E-state index in [9.17, 15) is 4.39 Å². The summed E-state index contributed by atoms with van der Waals surface area (Å²) in [5.74, 6) is 6.19. The molecule has 0 fully saturated rings. The first kappa shape index (κ1) is 14.4. The van der Waals surface area contributed by atoms with Gasteiger partial charge in [0, 0.05) is 18.2 Å². The van der Waals surface area contributed by atoms with Crippen molar-refractivity contribution in [3.05, 3.63) is 53.8 Å². The third-order valence-electron chi connectivity index (χ3n) is 3.98. The molecule has 0 spiro atoms. The number of halogens is 1. The third-order valence-corrected chi connectivity index (χ3v) is 3.98. The average Bonchev–Trinajstić information content (AvgIpc) is 3.18. The number of benzene rings is 1. The standard InChI is InChI=1S/C15H14FN7O/c1-8(17)11-5-13-14(15-20-7-24-21-15)19-6-22(13)10-3-2-9(16)4-12(10)23(11)18/h2-4,6-7H,5,17-18H2,1H3/b11-8-. The van der Waals surface area contributed by atoms with Gasteiger partial charge in [-0.3, -0.25) is 9.58 Å². The van der Waals surface area contributed by atoms with Crippen LogP contribution in [0.5, 0.6) is 0 Å². The molecule has 1 aromatic carbocycles. The van der Waals surface area contributed by atoms with E-state index in [-0.39, 0.29) is 5.82 Å². The van der Waals surface area contributed by atoms with Gasteiger partial charge in [0.25, 0.3) is 0 Å². The maximum atomic E-state index is 13.7. The Hall–Kier alpha value is -3.20. The van der Waals surface area contributed by atoms with E-state index in [1.54, 1.807) is 19.3 Å². The van der Waals surface area contributed by atoms with Crippen molar-refractivity contribution in [3.63, 3.8) is 0 Å². The Labute approximate surface area is 136 Å². The number of rotatable bonds is 1. The van der Waals surface area contributed by atoms with Crippen molar-refractivity contribution in [2.24, 2.45) is 11.6 Å². The maximum absolute atomic E-state index is 13.7. The highest BCUT2D eigenvalue weighted by Gasteiger charge is 2.27. The summed E-state index contributed by atoms with van der Waals surface area (Å²) in [4.78, 5) is 8.43. The molecule has 1 aliphatic heterocycles. The Kier molecular flexibility index (Phi) is 3.10. The van der Waals surface area contributed by atoms with Gasteiger partial charge in [-0.15, -0.1) is 0 Å². The second-order valence-corrected chi connectivity index (χ2v) is 5.47. The average molecular weight is 327 g/mol. The maximum Gasteiger partial charge on any atom is 0.222 e. The Morgan fingerprint density at radius 3 is 2.83 bits per heavy atom. The summed E-state index contributed by atoms with van der Waals surface area (Å²) in [7, 11) is 0. The molecule has 8 nitrogen and oxygen atoms in total. The van der Waals surface area contributed by atoms with Crippen molar-refractivity contribution >= 4 is 5.69 Å². The first-order chi connectivity index (χ1) is 11.6. The smallest absolute Gasteiger partial charge is 0.222 e. The molecule has 3 heterocycles. The van der Waals surface area contributed by atoms with Crippen LogP contribution in [0.15, 0.2) is 46.8 Å². The molecule has 2 aromatic heterocycles. The van der Waals surface area contributed by atoms with Gasteiger partial charge in [-0.05, 0) is 19.1 Å². The van der Waals surface area contributed by atoms with Gasteiger partial charge in [0.2, 0.25) is 12.2 Å². The second kappa shape index (κ2) is 5.17. The number of allylic oxidation sites excluding steroid dienone is 2. The Morgan fingerprint density at radius 2 is 2.12 bits per heavy atom. The first-order valence-corrected chi connectivity index (χ1v) is 7.19. The van der Waals surface area contributed by atoms with E-state index in [1.165, 1.54) is 23.5 Å². The zero-order valence-electron chi connectivity index (χ0n) is 12.8. The van der Waals surface area contributed by atoms with E-state index in [4.69, 9.17) is 16.1 Å². The van der Waals surface area contributed by atoms with Crippen molar-refractivity contribution in [1.29, 1.82) is 0 Å². The van der Waals surface area contributed by atoms with Gasteiger partial charge in [0.1, 0.15) is 17.8 Å². The molecule has 24 heavy (non-hydrogen) atoms. The SMILES string of the molecule is C/C(N)=C1\Cc2c(-c3ncon3)ncn2-c2ccc(F)cc2N1N. The topological polar surface area (TPSA) is 112 Å². The summed E-state index contributed by atoms with van der Waals surface area (Å²) >= 11 is 0. The van der Waals surface area contributed by atoms with Crippen molar-refractivity contribution < 1.29 is 8.91 Å². The van der Waals surface area contributed by atoms with Crippen LogP contribution in [0.1, 0.15) is 12.6 Å². The summed E-state index contributed by atoms with van der Waals surface area (Å²) in [6.07, 6.45) is 3.25. The van der Waals surface area contributed by atoms with Crippen molar-refractivity contribution in [3.8, 4) is 17.2 Å². The predicted molar refractivity (Wildman–Crippen MR) is 84.1 cm³/mol. The predicted octanol–water partition coefficient (Wildman–Crippen LogP) is 1.49. The van der Waals surface area contributed by atoms with Crippen LogP contribution in [-0.2, 0) is 6.42 Å². The zero-order chi connectivity index (χ0) is 16.8. The molecule has 0 atom stereocenters. The third kappa shape index (κ3) is 2.06. The molecule has 0 amide bonds. The second-order valence-electron chi connectivity index (χ2n) is 5.47. The molecule has 0 bridgehead atoms. The molecule has 0 saturated heterocycles. The summed E-state index contributed by atoms with van der Waals surface area (Å²) < 4.78 is 20.4. The Bertz CT molecular complexity index is 941. The highest BCUT2D eigenvalue weighted by molar-refractivity contribution is 5.70. The lowest BCUT2D eigenvalue weighted by molar-refractivity contribution is 0.418. The fourth-order valence-corrected chi connectivity index (χ4v) is 2.82. The first-order valence-electron chi connectivity index (χ1n) is 7.19. The van der Waals surface area contributed by atoms with Gasteiger partial charge in [0.05, 0.1) is 22.8 Å². The van der Waals surface area contributed by atoms with Gasteiger partial charge in [-0.1, -0.05) is 5.16 Å². The van der Waals surface area contributed by atoms with Gasteiger partial charge >= 0.3 is 0 Å². The Balaban J connectivity index is 2.02. The summed E-state index contributed by atoms with van der Waals surface area (Å²) in [5, 5.41) is 5.25. The molecule has 4 rings (SSSR count). The number of aromatic nitrogens is 4. The van der Waals surface area contributed by atoms with Crippen LogP contribution in [0, 0.1) is 5.82 Å². The van der Waals surface area contributed by atoms with E-state index in [1.807, 2.05) is 4.57 Å². The molecular formula is C15H14FN7O. The van der Waals surface area contributed by atoms with Crippen LogP contribution in [0.3, 0.4) is 0 Å². The van der Waals surface area contributed by atoms with Crippen LogP contribution < -0.4 is 16.6 Å². The molecule has 122 valence electrons. The zero-order valence-corrected chi connectivity index (χ0v) is 12.8. The van der Waals surface area contributed by atoms with Gasteiger partial charge in [-0.2, -0.15) is 4.98 Å². The normalized spacial score (nSPS) is 15.7. The van der Waals surface area contributed by atoms with Gasteiger partial charge < -0.3 is 10.3 Å². The van der Waals surface area contributed by atoms with Crippen LogP contribution in [0.4, 0.5) is 10.1 Å². The summed E-state index contributed by atoms with van der Waals surface area (Å²) in [6, 6.07) is 4.38. The number of imidazole rings is 1. The minimum absolute atomic E-state index is 0.368. The van der Waals surface area contributed by atoms with Crippen LogP contribution in [0.2, 0.25) is 0 Å². The fraction of sp³-hybridized carbons (Fsp3) is 0.133. The minimum atomic E-state index is -0.389. The number of nitrogens with zero attached hydrogens (tertiary/aromatic N) is 5. The van der Waals surface area contributed by atoms with Crippen molar-refractivity contribution in [1.82, 2.24) is 19.7 Å². The number of anilines is 1. The van der Waals surface area contributed by atoms with Crippen molar-refractivity contribution in [2.45, 2.75) is 13.3 Å². The molecular weight excluding hydrogens is 313 g/mol. The van der Waals surface area contributed by atoms with E-state index in [2.05, 4.69) is 15.1 Å². The number of hydrogen-bond donors (Lipinski definition) is 2. The molecule has 0 radical (unpaired) electrons. The van der Waals surface area contributed by atoms with E-state index < -0.39 is 0 Å². The summed E-state index contributed by atoms with van der Waals surface area (Å²) in [6.45, 7) is 1.74. The van der Waals surface area contributed by atoms with E-state index in [0.717, 1.165) is 5.69 Å². The number of hydrazine groups is 1. The molecule has 0 aliphatic carbocycles. The van der Waals surface area contributed by atoms with Crippen LogP contribution in [0.25, 0.3) is 17.2 Å². The highest BCUT2D eigenvalue weighted by Crippen LogP contribution is 2.35. The molecule has 4 N–H and O–H groups in total. The monoisotopic (exact) mass is 327 g/mol. The van der Waals surface area contributed by atoms with Gasteiger partial charge in [0.15, 0.2) is 0 Å². The van der Waals surface area contributed by atoms with E-state index >= 15 is 0 Å².